The molecule has 6 heteroatoms. The summed E-state index contributed by atoms with van der Waals surface area (Å²) in [6, 6.07) is 10.5. The predicted molar refractivity (Wildman–Crippen MR) is 64.7 cm³/mol. The highest BCUT2D eigenvalue weighted by Crippen LogP contribution is 2.19. The van der Waals surface area contributed by atoms with E-state index in [0.717, 1.165) is 0 Å². The Hall–Kier alpha value is -1.52. The molecule has 0 fully saturated rings. The van der Waals surface area contributed by atoms with Crippen LogP contribution in [-0.2, 0) is 4.84 Å². The molecular weight excluding hydrogens is 252 g/mol. The Balaban J connectivity index is 0.00000162. The van der Waals surface area contributed by atoms with E-state index in [2.05, 4.69) is 28.8 Å². The Kier molecular flexibility index (Phi) is 5.19. The summed E-state index contributed by atoms with van der Waals surface area (Å²) in [4.78, 5) is 7.07. The van der Waals surface area contributed by atoms with Crippen molar-refractivity contribution >= 4 is 0 Å². The highest BCUT2D eigenvalue weighted by atomic mass is 35.5. The highest BCUT2D eigenvalue weighted by molar-refractivity contribution is 5.19. The van der Waals surface area contributed by atoms with E-state index in [9.17, 15) is 0 Å². The Labute approximate surface area is 114 Å². The number of hydrazine groups is 1. The minimum Gasteiger partial charge on any atom is -1.00 e. The summed E-state index contributed by atoms with van der Waals surface area (Å²) in [5, 5.41) is 1.72. The number of hydrogen-bond donors (Lipinski definition) is 2. The van der Waals surface area contributed by atoms with E-state index in [1.807, 2.05) is 32.3 Å². The first-order chi connectivity index (χ1) is 8.16. The van der Waals surface area contributed by atoms with Crippen molar-refractivity contribution in [2.24, 2.45) is 5.73 Å². The first-order valence-corrected chi connectivity index (χ1v) is 5.47. The molecule has 0 spiro atoms. The Morgan fingerprint density at radius 3 is 2.56 bits per heavy atom. The molecule has 1 aliphatic heterocycles. The van der Waals surface area contributed by atoms with Crippen molar-refractivity contribution in [3.8, 4) is 0 Å². The molecule has 0 radical (unpaired) electrons. The zero-order chi connectivity index (χ0) is 12.3. The maximum absolute atomic E-state index is 5.48. The molecule has 98 valence electrons. The first-order valence-electron chi connectivity index (χ1n) is 5.47. The fraction of sp³-hybridized carbons (Fsp3) is 0.333. The second-order valence-corrected chi connectivity index (χ2v) is 4.17. The summed E-state index contributed by atoms with van der Waals surface area (Å²) in [6.45, 7) is 0.706. The molecule has 5 nitrogen and oxygen atoms in total. The lowest BCUT2D eigenvalue weighted by Crippen LogP contribution is -3.00. The second kappa shape index (κ2) is 6.42. The largest absolute Gasteiger partial charge is 1.00 e. The maximum Gasteiger partial charge on any atom is 0.495 e. The number of hydrogen-bond acceptors (Lipinski definition) is 5. The molecule has 1 aliphatic rings. The Morgan fingerprint density at radius 1 is 1.39 bits per heavy atom. The number of halogens is 1. The normalized spacial score (nSPS) is 15.5. The van der Waals surface area contributed by atoms with Crippen molar-refractivity contribution < 1.29 is 17.2 Å². The van der Waals surface area contributed by atoms with Crippen LogP contribution in [0.15, 0.2) is 36.2 Å². The van der Waals surface area contributed by atoms with Gasteiger partial charge in [-0.2, -0.15) is 0 Å². The van der Waals surface area contributed by atoms with Gasteiger partial charge in [-0.1, -0.05) is 35.3 Å². The van der Waals surface area contributed by atoms with Gasteiger partial charge in [-0.05, 0) is 25.2 Å². The molecule has 1 aromatic carbocycles. The molecule has 18 heavy (non-hydrogen) atoms. The van der Waals surface area contributed by atoms with Gasteiger partial charge < -0.3 is 27.9 Å². The van der Waals surface area contributed by atoms with Crippen LogP contribution in [0.1, 0.15) is 11.6 Å². The molecule has 0 bridgehead atoms. The molecule has 2 rings (SSSR count). The number of nitrogens with one attached hydrogen (secondary N) is 1. The van der Waals surface area contributed by atoms with Crippen LogP contribution in [0.25, 0.3) is 0 Å². The van der Waals surface area contributed by atoms with Crippen molar-refractivity contribution in [3.63, 3.8) is 0 Å². The lowest BCUT2D eigenvalue weighted by atomic mass is 10.1. The van der Waals surface area contributed by atoms with Gasteiger partial charge in [0.2, 0.25) is 0 Å². The zero-order valence-electron chi connectivity index (χ0n) is 10.4. The lowest BCUT2D eigenvalue weighted by Gasteiger charge is -2.24. The van der Waals surface area contributed by atoms with Gasteiger partial charge in [0.05, 0.1) is 6.04 Å². The molecule has 0 aromatic heterocycles. The van der Waals surface area contributed by atoms with Crippen molar-refractivity contribution in [1.29, 1.82) is 0 Å². The van der Waals surface area contributed by atoms with Crippen LogP contribution < -0.4 is 23.7 Å². The fourth-order valence-corrected chi connectivity index (χ4v) is 1.78. The smallest absolute Gasteiger partial charge is 0.495 e. The SMILES string of the molecule is CN(C)C(CN1[C+]=C(N)ON1)c1ccccc1.[Cl-]. The van der Waals surface area contributed by atoms with E-state index < -0.39 is 0 Å². The molecule has 1 atom stereocenters. The average molecular weight is 269 g/mol. The second-order valence-electron chi connectivity index (χ2n) is 4.17. The van der Waals surface area contributed by atoms with Crippen LogP contribution in [0, 0.1) is 6.20 Å². The minimum absolute atomic E-state index is 0. The van der Waals surface area contributed by atoms with Crippen molar-refractivity contribution in [1.82, 2.24) is 15.5 Å². The highest BCUT2D eigenvalue weighted by Gasteiger charge is 2.31. The van der Waals surface area contributed by atoms with Gasteiger partial charge in [-0.15, -0.1) is 0 Å². The van der Waals surface area contributed by atoms with Gasteiger partial charge in [-0.25, -0.2) is 0 Å². The van der Waals surface area contributed by atoms with Gasteiger partial charge in [0.25, 0.3) is 0 Å². The zero-order valence-corrected chi connectivity index (χ0v) is 11.2. The van der Waals surface area contributed by atoms with Gasteiger partial charge >= 0.3 is 12.1 Å². The monoisotopic (exact) mass is 268 g/mol. The number of nitrogens with zero attached hydrogens (tertiary/aromatic N) is 2. The van der Waals surface area contributed by atoms with E-state index in [0.29, 0.717) is 6.54 Å². The van der Waals surface area contributed by atoms with Crippen LogP contribution in [-0.4, -0.2) is 30.5 Å². The van der Waals surface area contributed by atoms with Crippen LogP contribution in [0.2, 0.25) is 0 Å². The van der Waals surface area contributed by atoms with Gasteiger partial charge in [0.1, 0.15) is 6.54 Å². The van der Waals surface area contributed by atoms with E-state index in [-0.39, 0.29) is 24.3 Å². The molecule has 3 N–H and O–H groups in total. The van der Waals surface area contributed by atoms with Crippen LogP contribution in [0.3, 0.4) is 0 Å². The molecule has 0 saturated carbocycles. The van der Waals surface area contributed by atoms with Crippen molar-refractivity contribution in [3.05, 3.63) is 48.0 Å². The predicted octanol–water partition coefficient (Wildman–Crippen LogP) is -2.39. The standard InChI is InChI=1S/C12H17N4O.ClH/c1-15(2)11(10-6-4-3-5-7-10)8-16-9-12(13)17-14-16;/h3-7,11,14H,8,13H2,1-2H3;1H/q+1;/p-1. The summed E-state index contributed by atoms with van der Waals surface area (Å²) >= 11 is 0. The Morgan fingerprint density at radius 2 is 2.06 bits per heavy atom. The van der Waals surface area contributed by atoms with E-state index in [1.165, 1.54) is 5.56 Å². The number of rotatable bonds is 4. The van der Waals surface area contributed by atoms with Crippen LogP contribution in [0.4, 0.5) is 0 Å². The van der Waals surface area contributed by atoms with Crippen LogP contribution >= 0.6 is 0 Å². The summed E-state index contributed by atoms with van der Waals surface area (Å²) in [7, 11) is 4.09. The summed E-state index contributed by atoms with van der Waals surface area (Å²) in [6.07, 6.45) is 2.88. The molecule has 1 unspecified atom stereocenters. The van der Waals surface area contributed by atoms with Crippen molar-refractivity contribution in [2.45, 2.75) is 6.04 Å². The number of nitrogens with two attached hydrogens (primary N) is 1. The molecular formula is C12H17ClN4O. The summed E-state index contributed by atoms with van der Waals surface area (Å²) < 4.78 is 0. The quantitative estimate of drug-likeness (QED) is 0.597. The molecule has 0 amide bonds. The third kappa shape index (κ3) is 3.48. The summed E-state index contributed by atoms with van der Waals surface area (Å²) in [5.41, 5.74) is 9.42. The molecule has 1 heterocycles. The molecule has 0 aliphatic carbocycles. The molecule has 1 aromatic rings. The number of benzene rings is 1. The topological polar surface area (TPSA) is 53.8 Å². The minimum atomic E-state index is 0. The van der Waals surface area contributed by atoms with Gasteiger partial charge in [0, 0.05) is 0 Å². The Bertz CT molecular complexity index is 396. The van der Waals surface area contributed by atoms with Crippen LogP contribution in [0.5, 0.6) is 0 Å². The third-order valence-electron chi connectivity index (χ3n) is 2.67. The third-order valence-corrected chi connectivity index (χ3v) is 2.67. The average Bonchev–Trinajstić information content (AvgIpc) is 2.73. The van der Waals surface area contributed by atoms with Gasteiger partial charge in [0.15, 0.2) is 0 Å². The van der Waals surface area contributed by atoms with E-state index in [4.69, 9.17) is 10.6 Å². The van der Waals surface area contributed by atoms with Crippen molar-refractivity contribution in [2.75, 3.05) is 20.6 Å². The van der Waals surface area contributed by atoms with Gasteiger partial charge in [-0.3, -0.25) is 0 Å². The summed E-state index contributed by atoms with van der Waals surface area (Å²) in [5.74, 6) is 0.260. The van der Waals surface area contributed by atoms with E-state index >= 15 is 0 Å². The first kappa shape index (κ1) is 14.5. The lowest BCUT2D eigenvalue weighted by molar-refractivity contribution is -0.0000126. The van der Waals surface area contributed by atoms with E-state index in [1.54, 1.807) is 5.01 Å². The molecule has 0 saturated heterocycles. The fourth-order valence-electron chi connectivity index (χ4n) is 1.78. The maximum atomic E-state index is 5.48. The number of likely N-dealkylation sites (N-methyl/N-ethyl adjacent to an activating group) is 1.